The normalized spacial score (nSPS) is 15.8. The van der Waals surface area contributed by atoms with Crippen molar-refractivity contribution in [2.75, 3.05) is 24.7 Å². The van der Waals surface area contributed by atoms with E-state index in [1.165, 1.54) is 4.90 Å². The van der Waals surface area contributed by atoms with Crippen LogP contribution in [0.1, 0.15) is 44.6 Å². The van der Waals surface area contributed by atoms with Crippen LogP contribution in [0.4, 0.5) is 13.6 Å². The van der Waals surface area contributed by atoms with Gasteiger partial charge in [0.05, 0.1) is 30.1 Å². The van der Waals surface area contributed by atoms with E-state index in [0.717, 1.165) is 12.1 Å². The Morgan fingerprint density at radius 2 is 1.95 bits per heavy atom. The van der Waals surface area contributed by atoms with Crippen molar-refractivity contribution < 1.29 is 36.6 Å². The predicted molar refractivity (Wildman–Crippen MR) is 131 cm³/mol. The molecule has 0 saturated heterocycles. The Kier molecular flexibility index (Phi) is 11.7. The third kappa shape index (κ3) is 10.6. The van der Waals surface area contributed by atoms with Crippen LogP contribution < -0.4 is 11.1 Å². The standard InChI is InChI=1S/C24H34F2N4O6S/c1-2-3-9-37(34,35)15-21(29-24(33)36-8-4-7-27)23(32)30(19-5-6-19)14-22(31)20(28)12-16-10-17(25)13-18(26)11-16/h10-11,13,19-22,31H,2-6,8-9,12,14-15,28H2,1H3,(H,29,33)/t20-,21-,22+/m0/s1. The number of nitrogens with zero attached hydrogens (tertiary/aromatic N) is 2. The van der Waals surface area contributed by atoms with Crippen LogP contribution in [0.2, 0.25) is 0 Å². The minimum atomic E-state index is -3.72. The van der Waals surface area contributed by atoms with Crippen LogP contribution in [0.5, 0.6) is 0 Å². The fourth-order valence-corrected chi connectivity index (χ4v) is 5.36. The van der Waals surface area contributed by atoms with Crippen molar-refractivity contribution in [1.82, 2.24) is 10.2 Å². The number of ether oxygens (including phenoxy) is 1. The van der Waals surface area contributed by atoms with Gasteiger partial charge < -0.3 is 25.8 Å². The molecule has 0 spiro atoms. The Morgan fingerprint density at radius 3 is 2.51 bits per heavy atom. The molecule has 3 atom stereocenters. The van der Waals surface area contributed by atoms with Gasteiger partial charge in [-0.15, -0.1) is 0 Å². The number of alkyl carbamates (subject to hydrolysis) is 1. The van der Waals surface area contributed by atoms with Gasteiger partial charge in [-0.05, 0) is 43.4 Å². The number of amides is 2. The van der Waals surface area contributed by atoms with E-state index < -0.39 is 57.4 Å². The molecular weight excluding hydrogens is 510 g/mol. The number of carbonyl (C=O) groups excluding carboxylic acids is 2. The summed E-state index contributed by atoms with van der Waals surface area (Å²) in [5, 5.41) is 21.6. The number of aliphatic hydroxyl groups excluding tert-OH is 1. The van der Waals surface area contributed by atoms with E-state index >= 15 is 0 Å². The number of hydrogen-bond acceptors (Lipinski definition) is 8. The molecule has 13 heteroatoms. The van der Waals surface area contributed by atoms with Crippen molar-refractivity contribution in [1.29, 1.82) is 5.26 Å². The largest absolute Gasteiger partial charge is 0.448 e. The average Bonchev–Trinajstić information content (AvgIpc) is 3.65. The third-order valence-electron chi connectivity index (χ3n) is 5.81. The van der Waals surface area contributed by atoms with Crippen molar-refractivity contribution in [3.63, 3.8) is 0 Å². The number of rotatable bonds is 15. The monoisotopic (exact) mass is 544 g/mol. The number of benzene rings is 1. The molecule has 0 aromatic heterocycles. The van der Waals surface area contributed by atoms with Gasteiger partial charge in [-0.1, -0.05) is 13.3 Å². The van der Waals surface area contributed by atoms with Gasteiger partial charge in [0.2, 0.25) is 5.91 Å². The number of halogens is 2. The van der Waals surface area contributed by atoms with Gasteiger partial charge in [-0.3, -0.25) is 4.79 Å². The number of nitrogens with two attached hydrogens (primary N) is 1. The number of hydrogen-bond donors (Lipinski definition) is 3. The number of nitrogens with one attached hydrogen (secondary N) is 1. The molecule has 0 radical (unpaired) electrons. The fourth-order valence-electron chi connectivity index (χ4n) is 3.73. The topological polar surface area (TPSA) is 163 Å². The van der Waals surface area contributed by atoms with Gasteiger partial charge in [-0.2, -0.15) is 5.26 Å². The number of unbranched alkanes of at least 4 members (excludes halogenated alkanes) is 1. The maximum absolute atomic E-state index is 13.5. The highest BCUT2D eigenvalue weighted by molar-refractivity contribution is 7.91. The van der Waals surface area contributed by atoms with E-state index in [0.29, 0.717) is 31.7 Å². The van der Waals surface area contributed by atoms with E-state index in [1.54, 1.807) is 6.07 Å². The summed E-state index contributed by atoms with van der Waals surface area (Å²) >= 11 is 0. The molecule has 0 aliphatic heterocycles. The van der Waals surface area contributed by atoms with E-state index in [1.807, 2.05) is 6.92 Å². The molecule has 2 amide bonds. The van der Waals surface area contributed by atoms with Crippen LogP contribution in [0.25, 0.3) is 0 Å². The second kappa shape index (κ2) is 14.2. The molecular formula is C24H34F2N4O6S. The second-order valence-electron chi connectivity index (χ2n) is 9.14. The lowest BCUT2D eigenvalue weighted by molar-refractivity contribution is -0.135. The summed E-state index contributed by atoms with van der Waals surface area (Å²) in [6.07, 6.45) is -0.244. The van der Waals surface area contributed by atoms with Crippen molar-refractivity contribution in [2.24, 2.45) is 5.73 Å². The van der Waals surface area contributed by atoms with Gasteiger partial charge >= 0.3 is 6.09 Å². The Morgan fingerprint density at radius 1 is 1.30 bits per heavy atom. The zero-order valence-corrected chi connectivity index (χ0v) is 21.6. The molecule has 4 N–H and O–H groups in total. The SMILES string of the molecule is CCCCS(=O)(=O)C[C@H](NC(=O)OCCC#N)C(=O)N(C[C@@H](O)[C@@H](N)Cc1cc(F)cc(F)c1)C1CC1. The van der Waals surface area contributed by atoms with Crippen LogP contribution >= 0.6 is 0 Å². The molecule has 1 aliphatic carbocycles. The zero-order valence-electron chi connectivity index (χ0n) is 20.7. The number of sulfone groups is 1. The first-order valence-corrected chi connectivity index (χ1v) is 14.0. The molecule has 10 nitrogen and oxygen atoms in total. The van der Waals surface area contributed by atoms with E-state index in [-0.39, 0.29) is 43.4 Å². The summed E-state index contributed by atoms with van der Waals surface area (Å²) < 4.78 is 57.1. The lowest BCUT2D eigenvalue weighted by atomic mass is 10.0. The fraction of sp³-hybridized carbons (Fsp3) is 0.625. The quantitative estimate of drug-likeness (QED) is 0.279. The Labute approximate surface area is 215 Å². The van der Waals surface area contributed by atoms with Crippen LogP contribution in [0, 0.1) is 23.0 Å². The molecule has 0 heterocycles. The highest BCUT2D eigenvalue weighted by Gasteiger charge is 2.39. The van der Waals surface area contributed by atoms with Gasteiger partial charge in [0, 0.05) is 24.7 Å². The molecule has 0 bridgehead atoms. The molecule has 206 valence electrons. The maximum atomic E-state index is 13.5. The smallest absolute Gasteiger partial charge is 0.407 e. The average molecular weight is 545 g/mol. The maximum Gasteiger partial charge on any atom is 0.407 e. The summed E-state index contributed by atoms with van der Waals surface area (Å²) in [6.45, 7) is 1.33. The van der Waals surface area contributed by atoms with Crippen molar-refractivity contribution in [3.05, 3.63) is 35.4 Å². The number of carbonyl (C=O) groups is 2. The first kappa shape index (κ1) is 30.4. The van der Waals surface area contributed by atoms with Crippen LogP contribution in [-0.2, 0) is 25.8 Å². The van der Waals surface area contributed by atoms with Gasteiger partial charge in [0.25, 0.3) is 0 Å². The van der Waals surface area contributed by atoms with Gasteiger partial charge in [0.1, 0.15) is 24.3 Å². The Hall–Kier alpha value is -2.82. The number of aliphatic hydroxyl groups is 1. The summed E-state index contributed by atoms with van der Waals surface area (Å²) in [7, 11) is -3.72. The second-order valence-corrected chi connectivity index (χ2v) is 11.4. The van der Waals surface area contributed by atoms with Gasteiger partial charge in [-0.25, -0.2) is 22.0 Å². The minimum absolute atomic E-state index is 0.0686. The van der Waals surface area contributed by atoms with Crippen LogP contribution in [0.3, 0.4) is 0 Å². The molecule has 1 saturated carbocycles. The first-order chi connectivity index (χ1) is 17.5. The number of nitriles is 1. The Balaban J connectivity index is 2.15. The highest BCUT2D eigenvalue weighted by Crippen LogP contribution is 2.28. The van der Waals surface area contributed by atoms with Crippen molar-refractivity contribution >= 4 is 21.8 Å². The third-order valence-corrected chi connectivity index (χ3v) is 7.56. The highest BCUT2D eigenvalue weighted by atomic mass is 32.2. The molecule has 0 unspecified atom stereocenters. The van der Waals surface area contributed by atoms with Crippen molar-refractivity contribution in [3.8, 4) is 6.07 Å². The molecule has 2 rings (SSSR count). The van der Waals surface area contributed by atoms with E-state index in [2.05, 4.69) is 5.32 Å². The Bertz CT molecular complexity index is 1060. The predicted octanol–water partition coefficient (Wildman–Crippen LogP) is 1.41. The molecule has 1 aromatic carbocycles. The van der Waals surface area contributed by atoms with E-state index in [4.69, 9.17) is 15.7 Å². The minimum Gasteiger partial charge on any atom is -0.448 e. The lowest BCUT2D eigenvalue weighted by Gasteiger charge is -2.31. The van der Waals surface area contributed by atoms with Gasteiger partial charge in [0.15, 0.2) is 9.84 Å². The molecule has 1 fully saturated rings. The lowest BCUT2D eigenvalue weighted by Crippen LogP contribution is -2.55. The van der Waals surface area contributed by atoms with Crippen molar-refractivity contribution in [2.45, 2.75) is 69.7 Å². The summed E-state index contributed by atoms with van der Waals surface area (Å²) in [5.74, 6) is -3.12. The van der Waals surface area contributed by atoms with E-state index in [9.17, 15) is 31.9 Å². The van der Waals surface area contributed by atoms with Crippen LogP contribution in [0.15, 0.2) is 18.2 Å². The zero-order chi connectivity index (χ0) is 27.6. The molecule has 1 aromatic rings. The summed E-state index contributed by atoms with van der Waals surface area (Å²) in [6, 6.07) is 1.97. The molecule has 37 heavy (non-hydrogen) atoms. The molecule has 1 aliphatic rings. The summed E-state index contributed by atoms with van der Waals surface area (Å²) in [4.78, 5) is 26.9. The first-order valence-electron chi connectivity index (χ1n) is 12.2. The van der Waals surface area contributed by atoms with Crippen LogP contribution in [-0.4, -0.2) is 79.3 Å². The summed E-state index contributed by atoms with van der Waals surface area (Å²) in [5.41, 5.74) is 6.29.